The summed E-state index contributed by atoms with van der Waals surface area (Å²) in [4.78, 5) is 20.8. The second-order valence-corrected chi connectivity index (χ2v) is 7.37. The number of guanidine groups is 1. The van der Waals surface area contributed by atoms with E-state index in [0.717, 1.165) is 5.69 Å². The Morgan fingerprint density at radius 3 is 2.69 bits per heavy atom. The number of aryl methyl sites for hydroxylation is 1. The van der Waals surface area contributed by atoms with Crippen LogP contribution in [0.4, 0.5) is 14.5 Å². The lowest BCUT2D eigenvalue weighted by atomic mass is 10.1. The van der Waals surface area contributed by atoms with Gasteiger partial charge in [0, 0.05) is 50.4 Å². The third-order valence-electron chi connectivity index (χ3n) is 5.31. The first-order valence-electron chi connectivity index (χ1n) is 9.76. The van der Waals surface area contributed by atoms with E-state index in [1.54, 1.807) is 15.8 Å². The van der Waals surface area contributed by atoms with Crippen LogP contribution in [0.15, 0.2) is 35.6 Å². The highest BCUT2D eigenvalue weighted by atomic mass is 19.1. The molecular formula is C20H24F2N6O. The largest absolute Gasteiger partial charge is 0.353 e. The Kier molecular flexibility index (Phi) is 5.21. The summed E-state index contributed by atoms with van der Waals surface area (Å²) in [6.07, 6.45) is 4.11. The molecule has 2 atom stereocenters. The molecule has 2 unspecified atom stereocenters. The number of anilines is 1. The van der Waals surface area contributed by atoms with Gasteiger partial charge in [0.2, 0.25) is 5.91 Å². The highest BCUT2D eigenvalue weighted by Crippen LogP contribution is 2.43. The number of halogens is 2. The summed E-state index contributed by atoms with van der Waals surface area (Å²) in [5, 5.41) is 7.42. The molecule has 1 amide bonds. The summed E-state index contributed by atoms with van der Waals surface area (Å²) < 4.78 is 29.8. The first-order valence-corrected chi connectivity index (χ1v) is 9.76. The van der Waals surface area contributed by atoms with Gasteiger partial charge in [0.15, 0.2) is 5.96 Å². The smallest absolute Gasteiger partial charge is 0.246 e. The molecular weight excluding hydrogens is 378 g/mol. The summed E-state index contributed by atoms with van der Waals surface area (Å²) in [6, 6.07) is 3.84. The van der Waals surface area contributed by atoms with Crippen molar-refractivity contribution in [2.45, 2.75) is 25.3 Å². The first-order chi connectivity index (χ1) is 14.0. The van der Waals surface area contributed by atoms with Crippen molar-refractivity contribution in [2.24, 2.45) is 12.0 Å². The molecule has 9 heteroatoms. The van der Waals surface area contributed by atoms with E-state index in [9.17, 15) is 13.6 Å². The predicted molar refractivity (Wildman–Crippen MR) is 106 cm³/mol. The maximum absolute atomic E-state index is 14.0. The number of rotatable bonds is 4. The zero-order valence-corrected chi connectivity index (χ0v) is 16.5. The van der Waals surface area contributed by atoms with Gasteiger partial charge in [-0.2, -0.15) is 5.10 Å². The van der Waals surface area contributed by atoms with E-state index in [4.69, 9.17) is 0 Å². The molecule has 2 heterocycles. The van der Waals surface area contributed by atoms with Gasteiger partial charge < -0.3 is 15.1 Å². The van der Waals surface area contributed by atoms with Crippen molar-refractivity contribution in [2.75, 3.05) is 31.1 Å². The number of amides is 1. The topological polar surface area (TPSA) is 65.8 Å². The molecule has 0 radical (unpaired) electrons. The van der Waals surface area contributed by atoms with Crippen LogP contribution in [0.3, 0.4) is 0 Å². The van der Waals surface area contributed by atoms with E-state index in [0.29, 0.717) is 32.0 Å². The van der Waals surface area contributed by atoms with Crippen molar-refractivity contribution in [1.29, 1.82) is 0 Å². The number of benzene rings is 1. The van der Waals surface area contributed by atoms with E-state index in [-0.39, 0.29) is 30.0 Å². The Hall–Kier alpha value is -2.97. The molecule has 154 valence electrons. The maximum Gasteiger partial charge on any atom is 0.246 e. The molecule has 1 saturated carbocycles. The lowest BCUT2D eigenvalue weighted by molar-refractivity contribution is -0.120. The quantitative estimate of drug-likeness (QED) is 0.626. The van der Waals surface area contributed by atoms with E-state index < -0.39 is 11.6 Å². The number of nitrogens with one attached hydrogen (secondary N) is 1. The molecule has 1 aromatic carbocycles. The third kappa shape index (κ3) is 3.94. The minimum Gasteiger partial charge on any atom is -0.353 e. The second kappa shape index (κ2) is 7.81. The zero-order chi connectivity index (χ0) is 20.5. The van der Waals surface area contributed by atoms with Crippen LogP contribution in [-0.4, -0.2) is 58.8 Å². The van der Waals surface area contributed by atoms with Crippen LogP contribution in [-0.2, 0) is 11.8 Å². The van der Waals surface area contributed by atoms with E-state index in [2.05, 4.69) is 15.4 Å². The molecule has 0 bridgehead atoms. The SMILES string of the molecule is CCN=C(NC1CC1c1c(F)cccc1F)N1CCN(c2cnn(C)c2)C(=O)C1. The van der Waals surface area contributed by atoms with Crippen LogP contribution < -0.4 is 10.2 Å². The van der Waals surface area contributed by atoms with Crippen molar-refractivity contribution < 1.29 is 13.6 Å². The van der Waals surface area contributed by atoms with Crippen molar-refractivity contribution in [3.8, 4) is 0 Å². The lowest BCUT2D eigenvalue weighted by Crippen LogP contribution is -2.55. The summed E-state index contributed by atoms with van der Waals surface area (Å²) in [5.74, 6) is -0.703. The van der Waals surface area contributed by atoms with Gasteiger partial charge >= 0.3 is 0 Å². The van der Waals surface area contributed by atoms with Crippen LogP contribution >= 0.6 is 0 Å². The number of piperazine rings is 1. The van der Waals surface area contributed by atoms with Gasteiger partial charge in [0.25, 0.3) is 0 Å². The van der Waals surface area contributed by atoms with Gasteiger partial charge in [-0.1, -0.05) is 6.07 Å². The van der Waals surface area contributed by atoms with Gasteiger partial charge in [-0.15, -0.1) is 0 Å². The number of aromatic nitrogens is 2. The van der Waals surface area contributed by atoms with Gasteiger partial charge in [-0.25, -0.2) is 8.78 Å². The molecule has 0 spiro atoms. The van der Waals surface area contributed by atoms with Crippen molar-refractivity contribution in [1.82, 2.24) is 20.0 Å². The monoisotopic (exact) mass is 402 g/mol. The van der Waals surface area contributed by atoms with Crippen LogP contribution in [0.1, 0.15) is 24.8 Å². The summed E-state index contributed by atoms with van der Waals surface area (Å²) in [7, 11) is 1.81. The number of carbonyl (C=O) groups is 1. The molecule has 1 aliphatic heterocycles. The van der Waals surface area contributed by atoms with E-state index in [1.807, 2.05) is 25.1 Å². The molecule has 1 saturated heterocycles. The Morgan fingerprint density at radius 2 is 2.07 bits per heavy atom. The fraction of sp³-hybridized carbons (Fsp3) is 0.450. The lowest BCUT2D eigenvalue weighted by Gasteiger charge is -2.35. The molecule has 1 aromatic heterocycles. The average Bonchev–Trinajstić information content (AvgIpc) is 3.29. The summed E-state index contributed by atoms with van der Waals surface area (Å²) >= 11 is 0. The number of carbonyl (C=O) groups excluding carboxylic acids is 1. The van der Waals surface area contributed by atoms with Crippen molar-refractivity contribution in [3.05, 3.63) is 47.8 Å². The van der Waals surface area contributed by atoms with Gasteiger partial charge in [-0.3, -0.25) is 14.5 Å². The Bertz CT molecular complexity index is 923. The molecule has 2 fully saturated rings. The number of hydrogen-bond donors (Lipinski definition) is 1. The minimum atomic E-state index is -0.520. The van der Waals surface area contributed by atoms with Crippen LogP contribution in [0.2, 0.25) is 0 Å². The average molecular weight is 402 g/mol. The number of nitrogens with zero attached hydrogens (tertiary/aromatic N) is 5. The maximum atomic E-state index is 14.0. The van der Waals surface area contributed by atoms with Crippen molar-refractivity contribution >= 4 is 17.6 Å². The van der Waals surface area contributed by atoms with Crippen LogP contribution in [0.5, 0.6) is 0 Å². The zero-order valence-electron chi connectivity index (χ0n) is 16.5. The van der Waals surface area contributed by atoms with Crippen molar-refractivity contribution in [3.63, 3.8) is 0 Å². The minimum absolute atomic E-state index is 0.0395. The highest BCUT2D eigenvalue weighted by Gasteiger charge is 2.43. The Balaban J connectivity index is 1.42. The molecule has 29 heavy (non-hydrogen) atoms. The normalized spacial score (nSPS) is 22.2. The highest BCUT2D eigenvalue weighted by molar-refractivity contribution is 5.98. The standard InChI is InChI=1S/C20H24F2N6O/c1-3-23-20(25-17-9-14(17)19-15(21)5-4-6-16(19)22)27-7-8-28(18(29)12-27)13-10-24-26(2)11-13/h4-6,10-11,14,17H,3,7-9,12H2,1-2H3,(H,23,25). The van der Waals surface area contributed by atoms with Gasteiger partial charge in [-0.05, 0) is 25.5 Å². The second-order valence-electron chi connectivity index (χ2n) is 7.37. The molecule has 2 aromatic rings. The van der Waals surface area contributed by atoms with Crippen LogP contribution in [0.25, 0.3) is 0 Å². The molecule has 1 aliphatic carbocycles. The Morgan fingerprint density at radius 1 is 1.31 bits per heavy atom. The van der Waals surface area contributed by atoms with Gasteiger partial charge in [0.05, 0.1) is 11.9 Å². The molecule has 2 aliphatic rings. The fourth-order valence-electron chi connectivity index (χ4n) is 3.77. The number of hydrogen-bond acceptors (Lipinski definition) is 3. The molecule has 1 N–H and O–H groups in total. The fourth-order valence-corrected chi connectivity index (χ4v) is 3.77. The van der Waals surface area contributed by atoms with E-state index >= 15 is 0 Å². The van der Waals surface area contributed by atoms with E-state index in [1.165, 1.54) is 18.2 Å². The predicted octanol–water partition coefficient (Wildman–Crippen LogP) is 1.87. The summed E-state index contributed by atoms with van der Waals surface area (Å²) in [5.41, 5.74) is 0.898. The number of aliphatic imine (C=N–C) groups is 1. The Labute approximate surface area is 168 Å². The van der Waals surface area contributed by atoms with Gasteiger partial charge in [0.1, 0.15) is 18.2 Å². The first kappa shape index (κ1) is 19.4. The summed E-state index contributed by atoms with van der Waals surface area (Å²) in [6.45, 7) is 3.77. The van der Waals surface area contributed by atoms with Crippen LogP contribution in [0, 0.1) is 11.6 Å². The molecule has 7 nitrogen and oxygen atoms in total. The third-order valence-corrected chi connectivity index (χ3v) is 5.31. The molecule has 4 rings (SSSR count).